The second-order valence-electron chi connectivity index (χ2n) is 5.58. The minimum absolute atomic E-state index is 0. The third kappa shape index (κ3) is 5.91. The van der Waals surface area contributed by atoms with Crippen LogP contribution < -0.4 is 10.6 Å². The summed E-state index contributed by atoms with van der Waals surface area (Å²) in [5.41, 5.74) is 0. The fraction of sp³-hybridized carbons (Fsp3) is 0.923. The summed E-state index contributed by atoms with van der Waals surface area (Å²) in [6.07, 6.45) is -3.29. The standard InChI is InChI=1S/C13H22F3N3O2.ClH/c14-13(15,16)11(19-4-2-17-3-5-19)8-18-12(20)7-10-1-6-21-9-10;/h10-11,17H,1-9H2,(H,18,20);1H. The molecule has 0 aromatic heterocycles. The van der Waals surface area contributed by atoms with Crippen molar-refractivity contribution in [1.82, 2.24) is 15.5 Å². The first kappa shape index (κ1) is 19.5. The first-order valence-electron chi connectivity index (χ1n) is 7.32. The highest BCUT2D eigenvalue weighted by Gasteiger charge is 2.43. The Morgan fingerprint density at radius 2 is 2.05 bits per heavy atom. The molecule has 0 spiro atoms. The van der Waals surface area contributed by atoms with Crippen molar-refractivity contribution in [2.45, 2.75) is 25.1 Å². The van der Waals surface area contributed by atoms with Gasteiger partial charge in [0.25, 0.3) is 0 Å². The Bertz CT molecular complexity index is 346. The summed E-state index contributed by atoms with van der Waals surface area (Å²) in [6, 6.07) is -1.61. The fourth-order valence-corrected chi connectivity index (χ4v) is 2.73. The van der Waals surface area contributed by atoms with E-state index >= 15 is 0 Å². The number of rotatable bonds is 5. The maximum absolute atomic E-state index is 13.1. The van der Waals surface area contributed by atoms with Crippen LogP contribution in [-0.4, -0.2) is 69.0 Å². The van der Waals surface area contributed by atoms with Crippen molar-refractivity contribution < 1.29 is 22.7 Å². The fourth-order valence-electron chi connectivity index (χ4n) is 2.73. The molecule has 130 valence electrons. The van der Waals surface area contributed by atoms with E-state index in [-0.39, 0.29) is 37.2 Å². The van der Waals surface area contributed by atoms with Gasteiger partial charge in [-0.15, -0.1) is 12.4 Å². The van der Waals surface area contributed by atoms with Gasteiger partial charge in [-0.2, -0.15) is 13.2 Å². The van der Waals surface area contributed by atoms with Gasteiger partial charge in [0.05, 0.1) is 0 Å². The summed E-state index contributed by atoms with van der Waals surface area (Å²) >= 11 is 0. The van der Waals surface area contributed by atoms with Gasteiger partial charge >= 0.3 is 6.18 Å². The molecule has 2 N–H and O–H groups in total. The van der Waals surface area contributed by atoms with Crippen molar-refractivity contribution in [2.75, 3.05) is 45.9 Å². The van der Waals surface area contributed by atoms with E-state index in [0.29, 0.717) is 39.4 Å². The van der Waals surface area contributed by atoms with E-state index in [2.05, 4.69) is 10.6 Å². The third-order valence-electron chi connectivity index (χ3n) is 3.96. The molecule has 0 aromatic rings. The zero-order valence-electron chi connectivity index (χ0n) is 12.3. The number of halogens is 4. The molecule has 2 unspecified atom stereocenters. The van der Waals surface area contributed by atoms with Gasteiger partial charge in [0.1, 0.15) is 6.04 Å². The summed E-state index contributed by atoms with van der Waals surface area (Å²) in [4.78, 5) is 13.1. The Balaban J connectivity index is 0.00000242. The molecule has 5 nitrogen and oxygen atoms in total. The van der Waals surface area contributed by atoms with Crippen LogP contribution in [0.4, 0.5) is 13.2 Å². The number of carbonyl (C=O) groups is 1. The van der Waals surface area contributed by atoms with E-state index in [0.717, 1.165) is 6.42 Å². The second kappa shape index (κ2) is 8.90. The first-order chi connectivity index (χ1) is 9.97. The molecule has 22 heavy (non-hydrogen) atoms. The van der Waals surface area contributed by atoms with Gasteiger partial charge in [0.15, 0.2) is 0 Å². The molecule has 2 fully saturated rings. The van der Waals surface area contributed by atoms with Crippen LogP contribution in [0.1, 0.15) is 12.8 Å². The molecule has 9 heteroatoms. The molecule has 0 aromatic carbocycles. The van der Waals surface area contributed by atoms with Gasteiger partial charge < -0.3 is 15.4 Å². The molecule has 2 atom stereocenters. The van der Waals surface area contributed by atoms with Crippen LogP contribution >= 0.6 is 12.4 Å². The molecule has 0 bridgehead atoms. The molecular formula is C13H23ClF3N3O2. The van der Waals surface area contributed by atoms with Crippen molar-refractivity contribution >= 4 is 18.3 Å². The smallest absolute Gasteiger partial charge is 0.381 e. The van der Waals surface area contributed by atoms with Crippen LogP contribution in [0, 0.1) is 5.92 Å². The quantitative estimate of drug-likeness (QED) is 0.773. The summed E-state index contributed by atoms with van der Waals surface area (Å²) in [5, 5.41) is 5.46. The average Bonchev–Trinajstić information content (AvgIpc) is 2.91. The number of hydrogen-bond donors (Lipinski definition) is 2. The molecule has 2 rings (SSSR count). The molecule has 2 aliphatic heterocycles. The van der Waals surface area contributed by atoms with E-state index in [1.54, 1.807) is 0 Å². The highest BCUT2D eigenvalue weighted by Crippen LogP contribution is 2.25. The molecule has 1 amide bonds. The number of carbonyl (C=O) groups excluding carboxylic acids is 1. The van der Waals surface area contributed by atoms with Crippen molar-refractivity contribution in [3.63, 3.8) is 0 Å². The molecule has 0 saturated carbocycles. The summed E-state index contributed by atoms with van der Waals surface area (Å²) in [5.74, 6) is -0.191. The third-order valence-corrected chi connectivity index (χ3v) is 3.96. The van der Waals surface area contributed by atoms with Gasteiger partial charge in [0, 0.05) is 52.4 Å². The topological polar surface area (TPSA) is 53.6 Å². The van der Waals surface area contributed by atoms with Gasteiger partial charge in [-0.1, -0.05) is 0 Å². The minimum atomic E-state index is -4.33. The Hall–Kier alpha value is -0.570. The van der Waals surface area contributed by atoms with Gasteiger partial charge in [-0.05, 0) is 12.3 Å². The van der Waals surface area contributed by atoms with Crippen molar-refractivity contribution in [3.05, 3.63) is 0 Å². The lowest BCUT2D eigenvalue weighted by molar-refractivity contribution is -0.184. The second-order valence-corrected chi connectivity index (χ2v) is 5.58. The number of alkyl halides is 3. The van der Waals surface area contributed by atoms with Crippen LogP contribution in [0.5, 0.6) is 0 Å². The lowest BCUT2D eigenvalue weighted by Gasteiger charge is -2.36. The van der Waals surface area contributed by atoms with Crippen LogP contribution in [0.3, 0.4) is 0 Å². The molecule has 2 aliphatic rings. The summed E-state index contributed by atoms with van der Waals surface area (Å²) < 4.78 is 44.5. The van der Waals surface area contributed by atoms with E-state index in [9.17, 15) is 18.0 Å². The molecular weight excluding hydrogens is 323 g/mol. The van der Waals surface area contributed by atoms with E-state index < -0.39 is 12.2 Å². The predicted octanol–water partition coefficient (Wildman–Crippen LogP) is 0.787. The molecule has 2 saturated heterocycles. The lowest BCUT2D eigenvalue weighted by Crippen LogP contribution is -2.57. The molecule has 0 aliphatic carbocycles. The van der Waals surface area contributed by atoms with Crippen molar-refractivity contribution in [2.24, 2.45) is 5.92 Å². The lowest BCUT2D eigenvalue weighted by atomic mass is 10.0. The van der Waals surface area contributed by atoms with Gasteiger partial charge in [-0.3, -0.25) is 9.69 Å². The largest absolute Gasteiger partial charge is 0.405 e. The zero-order valence-corrected chi connectivity index (χ0v) is 13.1. The number of piperazine rings is 1. The van der Waals surface area contributed by atoms with Gasteiger partial charge in [-0.25, -0.2) is 0 Å². The average molecular weight is 346 g/mol. The summed E-state index contributed by atoms with van der Waals surface area (Å²) in [7, 11) is 0. The Morgan fingerprint density at radius 3 is 2.59 bits per heavy atom. The van der Waals surface area contributed by atoms with E-state index in [1.165, 1.54) is 4.90 Å². The summed E-state index contributed by atoms with van der Waals surface area (Å²) in [6.45, 7) is 2.54. The Labute approximate surface area is 134 Å². The normalized spacial score (nSPS) is 24.6. The monoisotopic (exact) mass is 345 g/mol. The zero-order chi connectivity index (χ0) is 15.3. The maximum atomic E-state index is 13.1. The maximum Gasteiger partial charge on any atom is 0.405 e. The van der Waals surface area contributed by atoms with Crippen molar-refractivity contribution in [3.8, 4) is 0 Å². The van der Waals surface area contributed by atoms with Crippen LogP contribution in [0.25, 0.3) is 0 Å². The Morgan fingerprint density at radius 1 is 1.36 bits per heavy atom. The molecule has 0 radical (unpaired) electrons. The Kier molecular flexibility index (Phi) is 7.88. The number of hydrogen-bond acceptors (Lipinski definition) is 4. The van der Waals surface area contributed by atoms with Crippen molar-refractivity contribution in [1.29, 1.82) is 0 Å². The van der Waals surface area contributed by atoms with E-state index in [1.807, 2.05) is 0 Å². The number of nitrogens with zero attached hydrogens (tertiary/aromatic N) is 1. The molecule has 2 heterocycles. The SMILES string of the molecule is Cl.O=C(CC1CCOC1)NCC(N1CCNCC1)C(F)(F)F. The van der Waals surface area contributed by atoms with Crippen LogP contribution in [-0.2, 0) is 9.53 Å². The first-order valence-corrected chi connectivity index (χ1v) is 7.32. The number of ether oxygens (including phenoxy) is 1. The minimum Gasteiger partial charge on any atom is -0.381 e. The number of amides is 1. The van der Waals surface area contributed by atoms with Gasteiger partial charge in [0.2, 0.25) is 5.91 Å². The van der Waals surface area contributed by atoms with Crippen LogP contribution in [0.15, 0.2) is 0 Å². The van der Waals surface area contributed by atoms with E-state index in [4.69, 9.17) is 4.74 Å². The highest BCUT2D eigenvalue weighted by atomic mass is 35.5. The number of nitrogens with one attached hydrogen (secondary N) is 2. The van der Waals surface area contributed by atoms with Crippen LogP contribution in [0.2, 0.25) is 0 Å². The predicted molar refractivity (Wildman–Crippen MR) is 78.1 cm³/mol. The highest BCUT2D eigenvalue weighted by molar-refractivity contribution is 5.85.